The van der Waals surface area contributed by atoms with Crippen molar-refractivity contribution in [1.29, 1.82) is 0 Å². The van der Waals surface area contributed by atoms with Gasteiger partial charge in [-0.3, -0.25) is 19.7 Å². The summed E-state index contributed by atoms with van der Waals surface area (Å²) in [5.41, 5.74) is -0.660. The van der Waals surface area contributed by atoms with Crippen LogP contribution in [0.3, 0.4) is 0 Å². The highest BCUT2D eigenvalue weighted by Crippen LogP contribution is 2.38. The lowest BCUT2D eigenvalue weighted by molar-refractivity contribution is -0.137. The fourth-order valence-electron chi connectivity index (χ4n) is 4.92. The van der Waals surface area contributed by atoms with E-state index < -0.39 is 42.2 Å². The van der Waals surface area contributed by atoms with Gasteiger partial charge in [0, 0.05) is 42.8 Å². The van der Waals surface area contributed by atoms with Gasteiger partial charge in [-0.05, 0) is 32.6 Å². The third kappa shape index (κ3) is 7.61. The van der Waals surface area contributed by atoms with E-state index in [1.807, 2.05) is 12.2 Å². The summed E-state index contributed by atoms with van der Waals surface area (Å²) in [6.45, 7) is 1.02. The molecule has 1 aliphatic carbocycles. The molecule has 1 fully saturated rings. The number of aryl methyl sites for hydroxylation is 1. The van der Waals surface area contributed by atoms with Crippen molar-refractivity contribution in [2.24, 2.45) is 0 Å². The Morgan fingerprint density at radius 1 is 1.04 bits per heavy atom. The number of urea groups is 1. The first kappa shape index (κ1) is 31.9. The molecule has 19 heteroatoms. The Bertz CT molecular complexity index is 1610. The van der Waals surface area contributed by atoms with E-state index in [0.29, 0.717) is 49.7 Å². The van der Waals surface area contributed by atoms with Crippen molar-refractivity contribution in [3.05, 3.63) is 47.8 Å². The maximum Gasteiger partial charge on any atom is 0.420 e. The van der Waals surface area contributed by atoms with Gasteiger partial charge in [0.25, 0.3) is 0 Å². The zero-order chi connectivity index (χ0) is 32.4. The lowest BCUT2D eigenvalue weighted by Gasteiger charge is -2.36. The third-order valence-corrected chi connectivity index (χ3v) is 7.39. The molecule has 4 aromatic rings. The van der Waals surface area contributed by atoms with Crippen molar-refractivity contribution in [1.82, 2.24) is 45.2 Å². The Kier molecular flexibility index (Phi) is 9.13. The molecule has 45 heavy (non-hydrogen) atoms. The van der Waals surface area contributed by atoms with E-state index >= 15 is 0 Å². The second-order valence-corrected chi connectivity index (χ2v) is 10.6. The van der Waals surface area contributed by atoms with Gasteiger partial charge in [-0.2, -0.15) is 36.5 Å². The van der Waals surface area contributed by atoms with Crippen LogP contribution in [-0.4, -0.2) is 70.7 Å². The number of aromatic amines is 1. The van der Waals surface area contributed by atoms with Crippen LogP contribution in [0.5, 0.6) is 0 Å². The van der Waals surface area contributed by atoms with E-state index in [1.165, 1.54) is 18.6 Å². The van der Waals surface area contributed by atoms with Crippen molar-refractivity contribution in [2.75, 3.05) is 16.8 Å². The molecule has 240 valence electrons. The molecule has 5 rings (SSSR count). The minimum Gasteiger partial charge on any atom is -0.351 e. The Labute approximate surface area is 256 Å². The lowest BCUT2D eigenvalue weighted by Crippen LogP contribution is -2.50. The van der Waals surface area contributed by atoms with Crippen molar-refractivity contribution in [3.8, 4) is 22.6 Å². The number of anilines is 2. The summed E-state index contributed by atoms with van der Waals surface area (Å²) in [6.07, 6.45) is -0.0159. The van der Waals surface area contributed by atoms with Crippen LogP contribution in [0.15, 0.2) is 37.2 Å². The van der Waals surface area contributed by atoms with E-state index in [2.05, 4.69) is 40.5 Å². The maximum atomic E-state index is 13.6. The largest absolute Gasteiger partial charge is 0.420 e. The van der Waals surface area contributed by atoms with Gasteiger partial charge >= 0.3 is 18.4 Å². The number of hydrogen-bond acceptors (Lipinski definition) is 8. The van der Waals surface area contributed by atoms with E-state index in [4.69, 9.17) is 11.6 Å². The Morgan fingerprint density at radius 3 is 2.38 bits per heavy atom. The monoisotopic (exact) mass is 657 g/mol. The molecule has 0 unspecified atom stereocenters. The van der Waals surface area contributed by atoms with Gasteiger partial charge in [0.1, 0.15) is 23.5 Å². The predicted octanol–water partition coefficient (Wildman–Crippen LogP) is 5.71. The van der Waals surface area contributed by atoms with Gasteiger partial charge in [0.15, 0.2) is 5.82 Å². The van der Waals surface area contributed by atoms with Crippen LogP contribution in [0, 0.1) is 0 Å². The molecular formula is C26H26ClF6N11O. The minimum atomic E-state index is -4.76. The van der Waals surface area contributed by atoms with Crippen LogP contribution in [-0.2, 0) is 12.7 Å². The second kappa shape index (κ2) is 12.9. The number of hydrogen-bond donors (Lipinski definition) is 3. The molecule has 12 nitrogen and oxygen atoms in total. The molecule has 0 radical (unpaired) electrons. The van der Waals surface area contributed by atoms with Gasteiger partial charge in [-0.1, -0.05) is 11.6 Å². The molecule has 3 N–H and O–H groups in total. The Hall–Kier alpha value is -4.48. The smallest absolute Gasteiger partial charge is 0.351 e. The maximum absolute atomic E-state index is 13.6. The number of carbonyl (C=O) groups excluding carboxylic acids is 1. The van der Waals surface area contributed by atoms with E-state index in [0.717, 1.165) is 4.90 Å². The normalized spacial score (nSPS) is 17.2. The number of rotatable bonds is 8. The van der Waals surface area contributed by atoms with Gasteiger partial charge in [-0.15, -0.1) is 0 Å². The highest BCUT2D eigenvalue weighted by Gasteiger charge is 2.38. The first-order valence-corrected chi connectivity index (χ1v) is 14.1. The van der Waals surface area contributed by atoms with Crippen LogP contribution >= 0.6 is 11.6 Å². The Balaban J connectivity index is 1.32. The average molecular weight is 658 g/mol. The molecule has 4 aromatic heterocycles. The molecule has 0 aromatic carbocycles. The molecule has 1 saturated carbocycles. The lowest BCUT2D eigenvalue weighted by atomic mass is 9.90. The number of alkyl halides is 6. The number of halogens is 7. The molecule has 0 aliphatic heterocycles. The van der Waals surface area contributed by atoms with Crippen LogP contribution in [0.4, 0.5) is 42.9 Å². The molecule has 2 amide bonds. The minimum absolute atomic E-state index is 0.0540. The van der Waals surface area contributed by atoms with Crippen molar-refractivity contribution in [3.63, 3.8) is 0 Å². The Morgan fingerprint density at radius 2 is 1.80 bits per heavy atom. The first-order chi connectivity index (χ1) is 21.3. The van der Waals surface area contributed by atoms with Crippen LogP contribution in [0.2, 0.25) is 5.02 Å². The summed E-state index contributed by atoms with van der Waals surface area (Å²) in [7, 11) is 0. The number of nitrogens with one attached hydrogen (secondary N) is 3. The van der Waals surface area contributed by atoms with Crippen LogP contribution in [0.1, 0.15) is 38.2 Å². The molecule has 0 saturated heterocycles. The predicted molar refractivity (Wildman–Crippen MR) is 150 cm³/mol. The quantitative estimate of drug-likeness (QED) is 0.205. The average Bonchev–Trinajstić information content (AvgIpc) is 3.66. The van der Waals surface area contributed by atoms with Crippen molar-refractivity contribution < 1.29 is 31.1 Å². The zero-order valence-electron chi connectivity index (χ0n) is 23.5. The SMILES string of the molecule is CCn1cc(-c2cnc(N(C(=O)NCC(F)(F)F)[C@H]3CC[C@H](Nc4ncc(C(F)(F)F)c(-c5n[nH]cc5Cl)n4)CC3)cn2)cn1. The highest BCUT2D eigenvalue weighted by molar-refractivity contribution is 6.32. The number of carbonyl (C=O) groups is 1. The zero-order valence-corrected chi connectivity index (χ0v) is 24.2. The first-order valence-electron chi connectivity index (χ1n) is 13.7. The summed E-state index contributed by atoms with van der Waals surface area (Å²) in [5, 5.41) is 15.2. The molecule has 0 bridgehead atoms. The number of aromatic nitrogens is 8. The van der Waals surface area contributed by atoms with Crippen LogP contribution < -0.4 is 15.5 Å². The van der Waals surface area contributed by atoms with Crippen molar-refractivity contribution in [2.45, 2.75) is 63.6 Å². The van der Waals surface area contributed by atoms with Gasteiger partial charge in [0.2, 0.25) is 5.95 Å². The van der Waals surface area contributed by atoms with Gasteiger partial charge in [-0.25, -0.2) is 19.7 Å². The van der Waals surface area contributed by atoms with E-state index in [1.54, 1.807) is 17.1 Å². The standard InChI is InChI=1S/C26H26ClF6N11O/c1-2-43-12-14(7-39-43)19-10-35-20(11-34-19)44(24(45)37-13-25(28,29)30)16-5-3-15(4-6-16)40-23-36-8-17(26(31,32)33)21(41-23)22-18(27)9-38-42-22/h7-12,15-16H,2-6,13H2,1H3,(H,37,45)(H,38,42)(H,36,40,41)/t15-,16-. The topological polar surface area (TPSA) is 142 Å². The number of H-pyrrole nitrogens is 1. The fourth-order valence-corrected chi connectivity index (χ4v) is 5.10. The summed E-state index contributed by atoms with van der Waals surface area (Å²) >= 11 is 6.00. The second-order valence-electron chi connectivity index (χ2n) is 10.2. The van der Waals surface area contributed by atoms with E-state index in [9.17, 15) is 31.1 Å². The van der Waals surface area contributed by atoms with Crippen LogP contribution in [0.25, 0.3) is 22.6 Å². The van der Waals surface area contributed by atoms with E-state index in [-0.39, 0.29) is 28.5 Å². The molecule has 4 heterocycles. The molecule has 0 spiro atoms. The molecule has 1 aliphatic rings. The highest BCUT2D eigenvalue weighted by atomic mass is 35.5. The third-order valence-electron chi connectivity index (χ3n) is 7.10. The van der Waals surface area contributed by atoms with Crippen molar-refractivity contribution >= 4 is 29.4 Å². The fraction of sp³-hybridized carbons (Fsp3) is 0.423. The molecule has 0 atom stereocenters. The van der Waals surface area contributed by atoms with Gasteiger partial charge in [0.05, 0.1) is 29.3 Å². The summed E-state index contributed by atoms with van der Waals surface area (Å²) in [4.78, 5) is 30.7. The van der Waals surface area contributed by atoms with Gasteiger partial charge < -0.3 is 10.6 Å². The summed E-state index contributed by atoms with van der Waals surface area (Å²) in [5.74, 6) is -0.0301. The number of amides is 2. The number of nitrogens with zero attached hydrogens (tertiary/aromatic N) is 8. The summed E-state index contributed by atoms with van der Waals surface area (Å²) in [6, 6.07) is -1.86. The molecular weight excluding hydrogens is 632 g/mol. The summed E-state index contributed by atoms with van der Waals surface area (Å²) < 4.78 is 81.4.